The molecule has 0 aromatic heterocycles. The minimum Gasteiger partial charge on any atom is -0.384 e. The first-order valence-corrected chi connectivity index (χ1v) is 6.17. The number of nitrogens with zero attached hydrogens (tertiary/aromatic N) is 1. The molecule has 1 saturated carbocycles. The number of aliphatic hydroxyl groups is 1. The molecule has 1 aliphatic carbocycles. The van der Waals surface area contributed by atoms with Crippen LogP contribution >= 0.6 is 0 Å². The van der Waals surface area contributed by atoms with Crippen LogP contribution in [0.2, 0.25) is 0 Å². The lowest BCUT2D eigenvalue weighted by molar-refractivity contribution is -0.0847. The van der Waals surface area contributed by atoms with Gasteiger partial charge in [0, 0.05) is 24.9 Å². The van der Waals surface area contributed by atoms with E-state index in [2.05, 4.69) is 24.1 Å². The first kappa shape index (κ1) is 10.3. The molecule has 86 valence electrons. The van der Waals surface area contributed by atoms with E-state index in [4.69, 9.17) is 0 Å². The van der Waals surface area contributed by atoms with Gasteiger partial charge in [-0.15, -0.1) is 0 Å². The molecule has 2 bridgehead atoms. The molecule has 1 aromatic carbocycles. The van der Waals surface area contributed by atoms with Crippen LogP contribution in [0.25, 0.3) is 0 Å². The molecule has 2 heteroatoms. The smallest absolute Gasteiger partial charge is 0.0976 e. The molecular formula is C14H19NO. The molecule has 16 heavy (non-hydrogen) atoms. The summed E-state index contributed by atoms with van der Waals surface area (Å²) in [7, 11) is 2.16. The molecule has 3 rings (SSSR count). The van der Waals surface area contributed by atoms with Gasteiger partial charge in [0.2, 0.25) is 0 Å². The Balaban J connectivity index is 2.00. The van der Waals surface area contributed by atoms with Crippen molar-refractivity contribution in [1.29, 1.82) is 0 Å². The summed E-state index contributed by atoms with van der Waals surface area (Å²) in [4.78, 5) is 2.36. The molecule has 1 aliphatic heterocycles. The normalized spacial score (nSPS) is 38.9. The Morgan fingerprint density at radius 3 is 2.25 bits per heavy atom. The largest absolute Gasteiger partial charge is 0.384 e. The highest BCUT2D eigenvalue weighted by atomic mass is 16.3. The minimum absolute atomic E-state index is 0.415. The SMILES string of the molecule is CN1C[C@H]2CC[C@@H](C1)C2(O)c1ccccc1. The highest BCUT2D eigenvalue weighted by molar-refractivity contribution is 5.27. The molecule has 1 N–H and O–H groups in total. The highest BCUT2D eigenvalue weighted by Gasteiger charge is 2.53. The van der Waals surface area contributed by atoms with E-state index in [9.17, 15) is 5.11 Å². The fourth-order valence-corrected chi connectivity index (χ4v) is 3.64. The second kappa shape index (κ2) is 3.57. The van der Waals surface area contributed by atoms with E-state index in [0.29, 0.717) is 11.8 Å². The second-order valence-electron chi connectivity index (χ2n) is 5.38. The molecule has 0 radical (unpaired) electrons. The van der Waals surface area contributed by atoms with Crippen molar-refractivity contribution in [2.24, 2.45) is 11.8 Å². The predicted molar refractivity (Wildman–Crippen MR) is 64.0 cm³/mol. The summed E-state index contributed by atoms with van der Waals surface area (Å²) in [6.07, 6.45) is 2.33. The van der Waals surface area contributed by atoms with E-state index in [1.165, 1.54) is 12.8 Å². The molecule has 1 aromatic rings. The van der Waals surface area contributed by atoms with Crippen LogP contribution in [0.5, 0.6) is 0 Å². The molecule has 1 heterocycles. The Bertz CT molecular complexity index is 362. The van der Waals surface area contributed by atoms with E-state index < -0.39 is 5.60 Å². The quantitative estimate of drug-likeness (QED) is 0.776. The zero-order valence-electron chi connectivity index (χ0n) is 9.76. The van der Waals surface area contributed by atoms with E-state index in [1.807, 2.05) is 18.2 Å². The monoisotopic (exact) mass is 217 g/mol. The van der Waals surface area contributed by atoms with Crippen molar-refractivity contribution in [1.82, 2.24) is 4.90 Å². The number of rotatable bonds is 1. The first-order chi connectivity index (χ1) is 7.71. The van der Waals surface area contributed by atoms with E-state index in [0.717, 1.165) is 18.7 Å². The zero-order chi connectivity index (χ0) is 11.2. The van der Waals surface area contributed by atoms with Crippen LogP contribution in [0.1, 0.15) is 18.4 Å². The van der Waals surface area contributed by atoms with Crippen molar-refractivity contribution in [3.63, 3.8) is 0 Å². The van der Waals surface area contributed by atoms with Crippen molar-refractivity contribution in [2.75, 3.05) is 20.1 Å². The Labute approximate surface area is 96.9 Å². The Hall–Kier alpha value is -0.860. The van der Waals surface area contributed by atoms with Crippen molar-refractivity contribution in [2.45, 2.75) is 18.4 Å². The molecule has 0 spiro atoms. The molecule has 1 saturated heterocycles. The topological polar surface area (TPSA) is 23.5 Å². The summed E-state index contributed by atoms with van der Waals surface area (Å²) >= 11 is 0. The highest BCUT2D eigenvalue weighted by Crippen LogP contribution is 2.50. The third-order valence-corrected chi connectivity index (χ3v) is 4.41. The summed E-state index contributed by atoms with van der Waals surface area (Å²) in [5.41, 5.74) is 0.559. The Morgan fingerprint density at radius 1 is 1.12 bits per heavy atom. The van der Waals surface area contributed by atoms with Gasteiger partial charge in [0.05, 0.1) is 5.60 Å². The predicted octanol–water partition coefficient (Wildman–Crippen LogP) is 1.85. The number of piperidine rings is 1. The first-order valence-electron chi connectivity index (χ1n) is 6.17. The van der Waals surface area contributed by atoms with Gasteiger partial charge in [-0.1, -0.05) is 30.3 Å². The van der Waals surface area contributed by atoms with E-state index in [1.54, 1.807) is 0 Å². The van der Waals surface area contributed by atoms with Crippen LogP contribution in [-0.2, 0) is 5.60 Å². The number of benzene rings is 1. The van der Waals surface area contributed by atoms with Gasteiger partial charge in [-0.25, -0.2) is 0 Å². The Kier molecular flexibility index (Phi) is 2.30. The van der Waals surface area contributed by atoms with Crippen LogP contribution in [0.4, 0.5) is 0 Å². The average molecular weight is 217 g/mol. The fourth-order valence-electron chi connectivity index (χ4n) is 3.64. The number of likely N-dealkylation sites (tertiary alicyclic amines) is 1. The van der Waals surface area contributed by atoms with E-state index in [-0.39, 0.29) is 0 Å². The molecule has 2 fully saturated rings. The maximum atomic E-state index is 11.0. The van der Waals surface area contributed by atoms with Crippen LogP contribution in [0.15, 0.2) is 30.3 Å². The Morgan fingerprint density at radius 2 is 1.69 bits per heavy atom. The summed E-state index contributed by atoms with van der Waals surface area (Å²) in [6, 6.07) is 10.2. The van der Waals surface area contributed by atoms with Gasteiger partial charge in [0.15, 0.2) is 0 Å². The molecule has 0 amide bonds. The fraction of sp³-hybridized carbons (Fsp3) is 0.571. The van der Waals surface area contributed by atoms with Crippen LogP contribution in [0, 0.1) is 11.8 Å². The lowest BCUT2D eigenvalue weighted by atomic mass is 9.75. The van der Waals surface area contributed by atoms with Gasteiger partial charge < -0.3 is 10.0 Å². The molecule has 1 unspecified atom stereocenters. The molecule has 3 atom stereocenters. The van der Waals surface area contributed by atoms with Crippen LogP contribution < -0.4 is 0 Å². The van der Waals surface area contributed by atoms with Crippen LogP contribution in [0.3, 0.4) is 0 Å². The van der Waals surface area contributed by atoms with Crippen molar-refractivity contribution < 1.29 is 5.11 Å². The summed E-state index contributed by atoms with van der Waals surface area (Å²) in [5.74, 6) is 0.831. The van der Waals surface area contributed by atoms with Crippen LogP contribution in [-0.4, -0.2) is 30.1 Å². The third-order valence-electron chi connectivity index (χ3n) is 4.41. The van der Waals surface area contributed by atoms with Crippen molar-refractivity contribution in [3.05, 3.63) is 35.9 Å². The third kappa shape index (κ3) is 1.33. The average Bonchev–Trinajstić information content (AvgIpc) is 2.51. The van der Waals surface area contributed by atoms with Crippen molar-refractivity contribution in [3.8, 4) is 0 Å². The minimum atomic E-state index is -0.562. The lowest BCUT2D eigenvalue weighted by Gasteiger charge is -2.43. The maximum Gasteiger partial charge on any atom is 0.0976 e. The van der Waals surface area contributed by atoms with Gasteiger partial charge in [-0.05, 0) is 25.5 Å². The summed E-state index contributed by atoms with van der Waals surface area (Å²) in [6.45, 7) is 2.06. The number of hydrogen-bond acceptors (Lipinski definition) is 2. The summed E-state index contributed by atoms with van der Waals surface area (Å²) < 4.78 is 0. The van der Waals surface area contributed by atoms with Crippen molar-refractivity contribution >= 4 is 0 Å². The van der Waals surface area contributed by atoms with Gasteiger partial charge in [0.25, 0.3) is 0 Å². The summed E-state index contributed by atoms with van der Waals surface area (Å²) in [5, 5.41) is 11.0. The zero-order valence-corrected chi connectivity index (χ0v) is 9.76. The number of fused-ring (bicyclic) bond motifs is 2. The standard InChI is InChI=1S/C14H19NO/c1-15-9-12-7-8-13(10-15)14(12,16)11-5-3-2-4-6-11/h2-6,12-13,16H,7-10H2,1H3/t12-,13+,14?. The van der Waals surface area contributed by atoms with Gasteiger partial charge >= 0.3 is 0 Å². The molecule has 2 nitrogen and oxygen atoms in total. The lowest BCUT2D eigenvalue weighted by Crippen LogP contribution is -2.50. The van der Waals surface area contributed by atoms with Gasteiger partial charge in [-0.3, -0.25) is 0 Å². The van der Waals surface area contributed by atoms with E-state index >= 15 is 0 Å². The maximum absolute atomic E-state index is 11.0. The van der Waals surface area contributed by atoms with Gasteiger partial charge in [-0.2, -0.15) is 0 Å². The second-order valence-corrected chi connectivity index (χ2v) is 5.38. The number of hydrogen-bond donors (Lipinski definition) is 1. The molecule has 2 aliphatic rings. The van der Waals surface area contributed by atoms with Gasteiger partial charge in [0.1, 0.15) is 0 Å². The molecular weight excluding hydrogens is 198 g/mol.